The van der Waals surface area contributed by atoms with Crippen molar-refractivity contribution in [3.8, 4) is 17.0 Å². The van der Waals surface area contributed by atoms with Crippen LogP contribution in [-0.4, -0.2) is 28.9 Å². The van der Waals surface area contributed by atoms with Crippen LogP contribution in [0.15, 0.2) is 66.2 Å². The Hall–Kier alpha value is -3.12. The van der Waals surface area contributed by atoms with Crippen molar-refractivity contribution in [1.82, 2.24) is 14.7 Å². The number of hydrogen-bond donors (Lipinski definition) is 1. The lowest BCUT2D eigenvalue weighted by Crippen LogP contribution is -2.26. The number of rotatable bonds is 6. The molecule has 6 heteroatoms. The summed E-state index contributed by atoms with van der Waals surface area (Å²) in [6.07, 6.45) is 2.68. The van der Waals surface area contributed by atoms with Gasteiger partial charge in [0.1, 0.15) is 11.4 Å². The van der Waals surface area contributed by atoms with Crippen LogP contribution in [0.3, 0.4) is 0 Å². The molecule has 1 N–H and O–H groups in total. The summed E-state index contributed by atoms with van der Waals surface area (Å²) in [4.78, 5) is 18.0. The second-order valence-electron chi connectivity index (χ2n) is 6.12. The summed E-state index contributed by atoms with van der Waals surface area (Å²) >= 11 is 1.47. The number of nitrogens with one attached hydrogen (secondary N) is 1. The molecule has 2 aromatic carbocycles. The monoisotopic (exact) mass is 377 g/mol. The van der Waals surface area contributed by atoms with Gasteiger partial charge in [0, 0.05) is 23.7 Å². The Kier molecular flexibility index (Phi) is 4.89. The van der Waals surface area contributed by atoms with E-state index >= 15 is 0 Å². The minimum absolute atomic E-state index is 0.0910. The van der Waals surface area contributed by atoms with Gasteiger partial charge in [0.2, 0.25) is 0 Å². The van der Waals surface area contributed by atoms with Gasteiger partial charge >= 0.3 is 0 Å². The van der Waals surface area contributed by atoms with Gasteiger partial charge in [-0.2, -0.15) is 0 Å². The lowest BCUT2D eigenvalue weighted by molar-refractivity contribution is 0.0948. The van der Waals surface area contributed by atoms with Crippen molar-refractivity contribution < 1.29 is 9.53 Å². The summed E-state index contributed by atoms with van der Waals surface area (Å²) in [6, 6.07) is 17.8. The van der Waals surface area contributed by atoms with Gasteiger partial charge in [-0.05, 0) is 24.1 Å². The molecule has 0 unspecified atom stereocenters. The molecule has 0 radical (unpaired) electrons. The molecule has 0 saturated heterocycles. The summed E-state index contributed by atoms with van der Waals surface area (Å²) in [5.74, 6) is 0.740. The molecular weight excluding hydrogens is 358 g/mol. The number of nitrogens with zero attached hydrogens (tertiary/aromatic N) is 2. The third-order valence-corrected chi connectivity index (χ3v) is 5.21. The fraction of sp³-hybridized carbons (Fsp3) is 0.143. The molecule has 1 amide bonds. The van der Waals surface area contributed by atoms with E-state index in [1.165, 1.54) is 11.3 Å². The van der Waals surface area contributed by atoms with Crippen molar-refractivity contribution in [3.63, 3.8) is 0 Å². The molecule has 4 aromatic rings. The number of fused-ring (bicyclic) bond motifs is 1. The van der Waals surface area contributed by atoms with E-state index in [0.717, 1.165) is 34.0 Å². The summed E-state index contributed by atoms with van der Waals surface area (Å²) in [5.41, 5.74) is 3.67. The molecule has 136 valence electrons. The van der Waals surface area contributed by atoms with Gasteiger partial charge in [-0.1, -0.05) is 42.5 Å². The predicted octanol–water partition coefficient (Wildman–Crippen LogP) is 4.04. The number of thiazole rings is 1. The molecule has 0 aliphatic heterocycles. The topological polar surface area (TPSA) is 55.6 Å². The van der Waals surface area contributed by atoms with E-state index in [1.807, 2.05) is 70.6 Å². The average molecular weight is 377 g/mol. The van der Waals surface area contributed by atoms with E-state index in [4.69, 9.17) is 4.74 Å². The molecule has 0 atom stereocenters. The van der Waals surface area contributed by atoms with Gasteiger partial charge in [0.05, 0.1) is 12.8 Å². The average Bonchev–Trinajstić information content (AvgIpc) is 3.30. The first-order chi connectivity index (χ1) is 13.2. The fourth-order valence-electron chi connectivity index (χ4n) is 2.90. The molecule has 2 aromatic heterocycles. The number of methoxy groups -OCH3 is 1. The maximum Gasteiger partial charge on any atom is 0.269 e. The highest BCUT2D eigenvalue weighted by Crippen LogP contribution is 2.23. The number of carbonyl (C=O) groups excluding carboxylic acids is 1. The van der Waals surface area contributed by atoms with Crippen molar-refractivity contribution >= 4 is 22.2 Å². The van der Waals surface area contributed by atoms with Gasteiger partial charge in [0.15, 0.2) is 4.96 Å². The molecule has 4 rings (SSSR count). The first-order valence-corrected chi connectivity index (χ1v) is 9.56. The van der Waals surface area contributed by atoms with Crippen LogP contribution in [-0.2, 0) is 6.42 Å². The van der Waals surface area contributed by atoms with Gasteiger partial charge in [-0.3, -0.25) is 9.20 Å². The molecule has 0 saturated carbocycles. The van der Waals surface area contributed by atoms with E-state index in [0.29, 0.717) is 12.2 Å². The summed E-state index contributed by atoms with van der Waals surface area (Å²) in [7, 11) is 1.65. The zero-order valence-corrected chi connectivity index (χ0v) is 15.7. The van der Waals surface area contributed by atoms with Crippen molar-refractivity contribution in [2.24, 2.45) is 0 Å². The van der Waals surface area contributed by atoms with E-state index in [1.54, 1.807) is 7.11 Å². The Bertz CT molecular complexity index is 1050. The Morgan fingerprint density at radius 2 is 1.93 bits per heavy atom. The van der Waals surface area contributed by atoms with Gasteiger partial charge in [0.25, 0.3) is 5.91 Å². The fourth-order valence-corrected chi connectivity index (χ4v) is 3.75. The van der Waals surface area contributed by atoms with Crippen LogP contribution in [0.4, 0.5) is 0 Å². The van der Waals surface area contributed by atoms with E-state index < -0.39 is 0 Å². The van der Waals surface area contributed by atoms with Crippen LogP contribution in [0.25, 0.3) is 16.2 Å². The Balaban J connectivity index is 1.43. The smallest absolute Gasteiger partial charge is 0.269 e. The minimum Gasteiger partial charge on any atom is -0.497 e. The Labute approximate surface area is 161 Å². The summed E-state index contributed by atoms with van der Waals surface area (Å²) in [6.45, 7) is 0.572. The van der Waals surface area contributed by atoms with Crippen LogP contribution in [0.2, 0.25) is 0 Å². The molecule has 0 aliphatic carbocycles. The zero-order valence-electron chi connectivity index (χ0n) is 14.9. The lowest BCUT2D eigenvalue weighted by Gasteiger charge is -2.06. The van der Waals surface area contributed by atoms with Gasteiger partial charge in [-0.25, -0.2) is 4.98 Å². The Morgan fingerprint density at radius 1 is 1.15 bits per heavy atom. The van der Waals surface area contributed by atoms with Crippen LogP contribution in [0.5, 0.6) is 5.75 Å². The molecular formula is C21H19N3O2S. The summed E-state index contributed by atoms with van der Waals surface area (Å²) in [5, 5.41) is 4.84. The molecule has 2 heterocycles. The van der Waals surface area contributed by atoms with Crippen LogP contribution in [0.1, 0.15) is 16.1 Å². The van der Waals surface area contributed by atoms with Crippen molar-refractivity contribution in [1.29, 1.82) is 0 Å². The van der Waals surface area contributed by atoms with Crippen molar-refractivity contribution in [2.45, 2.75) is 6.42 Å². The normalized spacial score (nSPS) is 10.9. The van der Waals surface area contributed by atoms with Crippen LogP contribution < -0.4 is 10.1 Å². The van der Waals surface area contributed by atoms with Crippen LogP contribution >= 0.6 is 11.3 Å². The maximum atomic E-state index is 12.6. The zero-order chi connectivity index (χ0) is 18.6. The number of hydrogen-bond acceptors (Lipinski definition) is 4. The molecule has 5 nitrogen and oxygen atoms in total. The number of carbonyl (C=O) groups is 1. The number of aromatic nitrogens is 2. The van der Waals surface area contributed by atoms with E-state index in [-0.39, 0.29) is 5.91 Å². The molecule has 0 fully saturated rings. The molecule has 27 heavy (non-hydrogen) atoms. The Morgan fingerprint density at radius 3 is 2.67 bits per heavy atom. The molecule has 0 spiro atoms. The number of amides is 1. The third kappa shape index (κ3) is 3.71. The third-order valence-electron chi connectivity index (χ3n) is 4.37. The molecule has 0 aliphatic rings. The highest BCUT2D eigenvalue weighted by atomic mass is 32.1. The highest BCUT2D eigenvalue weighted by Gasteiger charge is 2.14. The van der Waals surface area contributed by atoms with Crippen LogP contribution in [0, 0.1) is 0 Å². The second kappa shape index (κ2) is 7.63. The first-order valence-electron chi connectivity index (χ1n) is 8.68. The second-order valence-corrected chi connectivity index (χ2v) is 6.96. The van der Waals surface area contributed by atoms with Crippen molar-refractivity contribution in [3.05, 3.63) is 77.4 Å². The number of ether oxygens (including phenoxy) is 1. The van der Waals surface area contributed by atoms with Gasteiger partial charge < -0.3 is 10.1 Å². The number of imidazole rings is 1. The summed E-state index contributed by atoms with van der Waals surface area (Å²) < 4.78 is 7.02. The highest BCUT2D eigenvalue weighted by molar-refractivity contribution is 7.15. The van der Waals surface area contributed by atoms with Gasteiger partial charge in [-0.15, -0.1) is 11.3 Å². The van der Waals surface area contributed by atoms with E-state index in [9.17, 15) is 4.79 Å². The minimum atomic E-state index is -0.0910. The predicted molar refractivity (Wildman–Crippen MR) is 108 cm³/mol. The first kappa shape index (κ1) is 17.3. The number of benzene rings is 2. The standard InChI is InChI=1S/C21H19N3O2S/c1-26-17-9-7-15(8-10-17)11-12-22-20(25)19-14-27-21-23-18(13-24(19)21)16-5-3-2-4-6-16/h2-10,13-14H,11-12H2,1H3,(H,22,25). The maximum absolute atomic E-state index is 12.6. The largest absolute Gasteiger partial charge is 0.497 e. The lowest BCUT2D eigenvalue weighted by atomic mass is 10.1. The molecule has 0 bridgehead atoms. The SMILES string of the molecule is COc1ccc(CCNC(=O)c2csc3nc(-c4ccccc4)cn23)cc1. The van der Waals surface area contributed by atoms with Crippen molar-refractivity contribution in [2.75, 3.05) is 13.7 Å². The van der Waals surface area contributed by atoms with E-state index in [2.05, 4.69) is 10.3 Å². The quantitative estimate of drug-likeness (QED) is 0.552.